The minimum absolute atomic E-state index is 0.162. The predicted octanol–water partition coefficient (Wildman–Crippen LogP) is 5.66. The standard InChI is InChI=1S/C21H27BrN4/c1-20(2,3)14-21(4,5)26(23)19-18(15-10-6-7-11-16(15)22)24-17-12-8-9-13-25(17)19/h6-13H,14,23H2,1-5H3. The smallest absolute Gasteiger partial charge is 0.156 e. The van der Waals surface area contributed by atoms with Crippen LogP contribution in [0.5, 0.6) is 0 Å². The highest BCUT2D eigenvalue weighted by molar-refractivity contribution is 9.10. The minimum Gasteiger partial charge on any atom is -0.288 e. The van der Waals surface area contributed by atoms with Crippen LogP contribution in [0.15, 0.2) is 53.1 Å². The zero-order valence-electron chi connectivity index (χ0n) is 16.1. The number of hydrogen-bond donors (Lipinski definition) is 1. The molecule has 3 rings (SSSR count). The quantitative estimate of drug-likeness (QED) is 0.442. The van der Waals surface area contributed by atoms with Gasteiger partial charge in [0, 0.05) is 16.2 Å². The molecule has 0 spiro atoms. The predicted molar refractivity (Wildman–Crippen MR) is 113 cm³/mol. The van der Waals surface area contributed by atoms with Gasteiger partial charge in [-0.2, -0.15) is 0 Å². The molecule has 0 aliphatic heterocycles. The number of aromatic nitrogens is 2. The average molecular weight is 415 g/mol. The normalized spacial score (nSPS) is 12.6. The molecule has 26 heavy (non-hydrogen) atoms. The van der Waals surface area contributed by atoms with Gasteiger partial charge in [-0.25, -0.2) is 10.8 Å². The Morgan fingerprint density at radius 1 is 1.04 bits per heavy atom. The summed E-state index contributed by atoms with van der Waals surface area (Å²) >= 11 is 3.66. The largest absolute Gasteiger partial charge is 0.288 e. The molecule has 138 valence electrons. The Morgan fingerprint density at radius 3 is 2.35 bits per heavy atom. The van der Waals surface area contributed by atoms with Gasteiger partial charge in [-0.05, 0) is 43.9 Å². The molecule has 0 aliphatic carbocycles. The SMILES string of the molecule is CC(C)(C)CC(C)(C)N(N)c1c(-c2ccccc2Br)nc2ccccn12. The van der Waals surface area contributed by atoms with Crippen molar-refractivity contribution in [2.24, 2.45) is 11.3 Å². The molecule has 0 radical (unpaired) electrons. The van der Waals surface area contributed by atoms with Crippen molar-refractivity contribution in [1.29, 1.82) is 0 Å². The maximum absolute atomic E-state index is 6.74. The Kier molecular flexibility index (Phi) is 4.88. The van der Waals surface area contributed by atoms with E-state index in [0.717, 1.165) is 33.6 Å². The second-order valence-electron chi connectivity index (χ2n) is 8.61. The molecule has 0 atom stereocenters. The highest BCUT2D eigenvalue weighted by Gasteiger charge is 2.34. The lowest BCUT2D eigenvalue weighted by Crippen LogP contribution is -2.51. The average Bonchev–Trinajstić information content (AvgIpc) is 2.91. The van der Waals surface area contributed by atoms with Crippen LogP contribution in [-0.4, -0.2) is 14.9 Å². The van der Waals surface area contributed by atoms with E-state index in [1.807, 2.05) is 47.6 Å². The summed E-state index contributed by atoms with van der Waals surface area (Å²) in [5.74, 6) is 7.64. The Hall–Kier alpha value is -1.85. The van der Waals surface area contributed by atoms with Crippen molar-refractivity contribution in [3.63, 3.8) is 0 Å². The molecule has 0 amide bonds. The van der Waals surface area contributed by atoms with Gasteiger partial charge < -0.3 is 0 Å². The van der Waals surface area contributed by atoms with E-state index in [0.29, 0.717) is 0 Å². The zero-order chi connectivity index (χ0) is 19.1. The lowest BCUT2D eigenvalue weighted by Gasteiger charge is -2.40. The number of nitrogens with zero attached hydrogens (tertiary/aromatic N) is 3. The fourth-order valence-electron chi connectivity index (χ4n) is 3.72. The lowest BCUT2D eigenvalue weighted by molar-refractivity contribution is 0.272. The van der Waals surface area contributed by atoms with Crippen LogP contribution in [0.25, 0.3) is 16.9 Å². The number of hydrazine groups is 1. The molecule has 0 saturated heterocycles. The molecule has 3 aromatic rings. The first kappa shape index (κ1) is 18.9. The van der Waals surface area contributed by atoms with Crippen molar-refractivity contribution >= 4 is 27.4 Å². The highest BCUT2D eigenvalue weighted by atomic mass is 79.9. The molecular weight excluding hydrogens is 388 g/mol. The number of nitrogens with two attached hydrogens (primary N) is 1. The van der Waals surface area contributed by atoms with Crippen molar-refractivity contribution in [2.75, 3.05) is 5.01 Å². The van der Waals surface area contributed by atoms with Gasteiger partial charge in [0.05, 0.1) is 5.54 Å². The Bertz CT molecular complexity index is 921. The first-order chi connectivity index (χ1) is 12.1. The van der Waals surface area contributed by atoms with Crippen LogP contribution in [0.2, 0.25) is 0 Å². The number of imidazole rings is 1. The summed E-state index contributed by atoms with van der Waals surface area (Å²) in [5.41, 5.74) is 2.73. The van der Waals surface area contributed by atoms with Crippen molar-refractivity contribution in [3.8, 4) is 11.3 Å². The Balaban J connectivity index is 2.21. The third-order valence-electron chi connectivity index (χ3n) is 4.48. The van der Waals surface area contributed by atoms with E-state index in [4.69, 9.17) is 10.8 Å². The van der Waals surface area contributed by atoms with Crippen LogP contribution in [-0.2, 0) is 0 Å². The summed E-state index contributed by atoms with van der Waals surface area (Å²) in [4.78, 5) is 4.89. The monoisotopic (exact) mass is 414 g/mol. The van der Waals surface area contributed by atoms with Crippen molar-refractivity contribution in [3.05, 3.63) is 53.1 Å². The summed E-state index contributed by atoms with van der Waals surface area (Å²) < 4.78 is 3.07. The molecular formula is C21H27BrN4. The Labute approximate surface area is 164 Å². The fourth-order valence-corrected chi connectivity index (χ4v) is 4.19. The number of halogens is 1. The number of benzene rings is 1. The van der Waals surface area contributed by atoms with E-state index >= 15 is 0 Å². The third-order valence-corrected chi connectivity index (χ3v) is 5.17. The van der Waals surface area contributed by atoms with E-state index in [-0.39, 0.29) is 11.0 Å². The van der Waals surface area contributed by atoms with Gasteiger partial charge in [-0.1, -0.05) is 61.0 Å². The summed E-state index contributed by atoms with van der Waals surface area (Å²) in [7, 11) is 0. The Morgan fingerprint density at radius 2 is 1.69 bits per heavy atom. The first-order valence-electron chi connectivity index (χ1n) is 8.87. The molecule has 0 aliphatic rings. The van der Waals surface area contributed by atoms with Gasteiger partial charge in [0.25, 0.3) is 0 Å². The molecule has 0 fully saturated rings. The van der Waals surface area contributed by atoms with Crippen molar-refractivity contribution in [1.82, 2.24) is 9.38 Å². The molecule has 2 aromatic heterocycles. The topological polar surface area (TPSA) is 46.6 Å². The first-order valence-corrected chi connectivity index (χ1v) is 9.66. The van der Waals surface area contributed by atoms with Crippen LogP contribution in [0, 0.1) is 5.41 Å². The van der Waals surface area contributed by atoms with Crippen LogP contribution in [0.3, 0.4) is 0 Å². The second-order valence-corrected chi connectivity index (χ2v) is 9.47. The van der Waals surface area contributed by atoms with Gasteiger partial charge in [0.15, 0.2) is 5.82 Å². The van der Waals surface area contributed by atoms with Crippen LogP contribution in [0.1, 0.15) is 41.0 Å². The second kappa shape index (κ2) is 6.71. The van der Waals surface area contributed by atoms with Crippen LogP contribution in [0.4, 0.5) is 5.82 Å². The molecule has 0 unspecified atom stereocenters. The number of fused-ring (bicyclic) bond motifs is 1. The molecule has 2 N–H and O–H groups in total. The summed E-state index contributed by atoms with van der Waals surface area (Å²) in [6, 6.07) is 14.1. The van der Waals surface area contributed by atoms with E-state index in [1.165, 1.54) is 0 Å². The molecule has 1 aromatic carbocycles. The van der Waals surface area contributed by atoms with Crippen LogP contribution >= 0.6 is 15.9 Å². The zero-order valence-corrected chi connectivity index (χ0v) is 17.7. The summed E-state index contributed by atoms with van der Waals surface area (Å²) in [6.45, 7) is 11.1. The highest BCUT2D eigenvalue weighted by Crippen LogP contribution is 2.39. The third kappa shape index (κ3) is 3.64. The molecule has 0 saturated carbocycles. The van der Waals surface area contributed by atoms with Crippen molar-refractivity contribution < 1.29 is 0 Å². The maximum Gasteiger partial charge on any atom is 0.156 e. The van der Waals surface area contributed by atoms with Crippen LogP contribution < -0.4 is 10.9 Å². The molecule has 0 bridgehead atoms. The number of rotatable bonds is 4. The molecule has 5 heteroatoms. The molecule has 2 heterocycles. The lowest BCUT2D eigenvalue weighted by atomic mass is 9.81. The van der Waals surface area contributed by atoms with E-state index < -0.39 is 0 Å². The summed E-state index contributed by atoms with van der Waals surface area (Å²) in [6.07, 6.45) is 2.97. The van der Waals surface area contributed by atoms with Gasteiger partial charge in [0.1, 0.15) is 11.3 Å². The number of hydrogen-bond acceptors (Lipinski definition) is 3. The van der Waals surface area contributed by atoms with Gasteiger partial charge in [0.2, 0.25) is 0 Å². The van der Waals surface area contributed by atoms with Gasteiger partial charge in [-0.3, -0.25) is 9.41 Å². The maximum atomic E-state index is 6.74. The van der Waals surface area contributed by atoms with E-state index in [9.17, 15) is 0 Å². The minimum atomic E-state index is -0.236. The van der Waals surface area contributed by atoms with Crippen molar-refractivity contribution in [2.45, 2.75) is 46.6 Å². The van der Waals surface area contributed by atoms with E-state index in [1.54, 1.807) is 0 Å². The number of pyridine rings is 1. The fraction of sp³-hybridized carbons (Fsp3) is 0.381. The van der Waals surface area contributed by atoms with E-state index in [2.05, 4.69) is 61.0 Å². The van der Waals surface area contributed by atoms with Gasteiger partial charge >= 0.3 is 0 Å². The summed E-state index contributed by atoms with van der Waals surface area (Å²) in [5, 5.41) is 1.88. The molecule has 4 nitrogen and oxygen atoms in total. The number of anilines is 1. The van der Waals surface area contributed by atoms with Gasteiger partial charge in [-0.15, -0.1) is 0 Å².